The van der Waals surface area contributed by atoms with Crippen molar-refractivity contribution >= 4 is 30.9 Å². The quantitative estimate of drug-likeness (QED) is 0.792. The number of piperazine rings is 1. The molecule has 0 radical (unpaired) electrons. The van der Waals surface area contributed by atoms with E-state index in [0.717, 1.165) is 6.54 Å². The number of nitrogens with zero attached hydrogens (tertiary/aromatic N) is 1. The van der Waals surface area contributed by atoms with Gasteiger partial charge in [-0.15, -0.1) is 12.4 Å². The Bertz CT molecular complexity index is 670. The first-order chi connectivity index (χ1) is 11.6. The highest BCUT2D eigenvalue weighted by Gasteiger charge is 2.51. The van der Waals surface area contributed by atoms with Crippen molar-refractivity contribution in [2.24, 2.45) is 0 Å². The van der Waals surface area contributed by atoms with Gasteiger partial charge in [-0.05, 0) is 52.2 Å². The summed E-state index contributed by atoms with van der Waals surface area (Å²) in [5, 5.41) is 3.27. The molecule has 0 spiro atoms. The lowest BCUT2D eigenvalue weighted by Gasteiger charge is -2.32. The molecule has 144 valence electrons. The zero-order chi connectivity index (χ0) is 18.4. The van der Waals surface area contributed by atoms with E-state index in [-0.39, 0.29) is 29.9 Å². The molecule has 1 aromatic carbocycles. The fourth-order valence-corrected chi connectivity index (χ4v) is 3.12. The van der Waals surface area contributed by atoms with Crippen LogP contribution in [0.4, 0.5) is 4.39 Å². The molecule has 1 amide bonds. The van der Waals surface area contributed by atoms with Crippen LogP contribution in [-0.2, 0) is 9.31 Å². The summed E-state index contributed by atoms with van der Waals surface area (Å²) in [6.45, 7) is 11.7. The minimum Gasteiger partial charge on any atom is -0.399 e. The highest BCUT2D eigenvalue weighted by molar-refractivity contribution is 6.62. The molecule has 0 bridgehead atoms. The smallest absolute Gasteiger partial charge is 0.399 e. The van der Waals surface area contributed by atoms with Gasteiger partial charge in [-0.1, -0.05) is 6.07 Å². The van der Waals surface area contributed by atoms with Gasteiger partial charge in [-0.3, -0.25) is 4.79 Å². The van der Waals surface area contributed by atoms with Crippen LogP contribution in [0.25, 0.3) is 0 Å². The first-order valence-electron chi connectivity index (χ1n) is 8.78. The van der Waals surface area contributed by atoms with Crippen LogP contribution in [0, 0.1) is 5.82 Å². The zero-order valence-electron chi connectivity index (χ0n) is 16.0. The number of halogens is 2. The molecule has 2 heterocycles. The number of carbonyl (C=O) groups excluding carboxylic acids is 1. The molecular formula is C18H27BClFN2O3. The predicted octanol–water partition coefficient (Wildman–Crippen LogP) is 1.98. The van der Waals surface area contributed by atoms with Gasteiger partial charge in [0.2, 0.25) is 0 Å². The Balaban J connectivity index is 0.00000243. The number of amides is 1. The Hall–Kier alpha value is -1.15. The summed E-state index contributed by atoms with van der Waals surface area (Å²) in [5.74, 6) is -0.810. The number of nitrogens with one attached hydrogen (secondary N) is 1. The van der Waals surface area contributed by atoms with Gasteiger partial charge in [0.05, 0.1) is 16.8 Å². The van der Waals surface area contributed by atoms with Gasteiger partial charge in [-0.2, -0.15) is 0 Å². The van der Waals surface area contributed by atoms with Gasteiger partial charge in [-0.25, -0.2) is 4.39 Å². The van der Waals surface area contributed by atoms with E-state index in [9.17, 15) is 9.18 Å². The summed E-state index contributed by atoms with van der Waals surface area (Å²) < 4.78 is 26.5. The average molecular weight is 385 g/mol. The van der Waals surface area contributed by atoms with Gasteiger partial charge in [0.25, 0.3) is 5.91 Å². The second-order valence-electron chi connectivity index (χ2n) is 7.93. The Morgan fingerprint density at radius 2 is 1.88 bits per heavy atom. The maximum absolute atomic E-state index is 14.6. The van der Waals surface area contributed by atoms with Gasteiger partial charge in [0.15, 0.2) is 0 Å². The summed E-state index contributed by atoms with van der Waals surface area (Å²) in [7, 11) is -0.636. The molecule has 2 saturated heterocycles. The largest absolute Gasteiger partial charge is 0.494 e. The highest BCUT2D eigenvalue weighted by atomic mass is 35.5. The molecule has 2 aliphatic rings. The van der Waals surface area contributed by atoms with Crippen molar-refractivity contribution in [1.29, 1.82) is 0 Å². The number of hydrogen-bond acceptors (Lipinski definition) is 4. The molecule has 5 nitrogen and oxygen atoms in total. The zero-order valence-corrected chi connectivity index (χ0v) is 16.8. The second-order valence-corrected chi connectivity index (χ2v) is 7.93. The van der Waals surface area contributed by atoms with Crippen LogP contribution in [0.3, 0.4) is 0 Å². The molecule has 0 saturated carbocycles. The van der Waals surface area contributed by atoms with E-state index >= 15 is 0 Å². The fraction of sp³-hybridized carbons (Fsp3) is 0.611. The first kappa shape index (κ1) is 21.2. The van der Waals surface area contributed by atoms with E-state index in [1.54, 1.807) is 11.0 Å². The summed E-state index contributed by atoms with van der Waals surface area (Å²) >= 11 is 0. The molecule has 26 heavy (non-hydrogen) atoms. The summed E-state index contributed by atoms with van der Waals surface area (Å²) in [4.78, 5) is 14.3. The molecule has 8 heteroatoms. The van der Waals surface area contributed by atoms with E-state index in [2.05, 4.69) is 5.32 Å². The SMILES string of the molecule is C[C@H]1CN(C(=O)c2ccc(B3OC(C)(C)C(C)(C)O3)cc2F)CCN1.Cl. The molecule has 1 N–H and O–H groups in total. The van der Waals surface area contributed by atoms with Crippen LogP contribution in [0.5, 0.6) is 0 Å². The summed E-state index contributed by atoms with van der Waals surface area (Å²) in [6, 6.07) is 4.81. The van der Waals surface area contributed by atoms with Crippen molar-refractivity contribution in [3.05, 3.63) is 29.6 Å². The van der Waals surface area contributed by atoms with Crippen LogP contribution in [0.2, 0.25) is 0 Å². The topological polar surface area (TPSA) is 50.8 Å². The van der Waals surface area contributed by atoms with Crippen molar-refractivity contribution in [1.82, 2.24) is 10.2 Å². The van der Waals surface area contributed by atoms with E-state index in [4.69, 9.17) is 9.31 Å². The summed E-state index contributed by atoms with van der Waals surface area (Å²) in [5.41, 5.74) is -0.296. The van der Waals surface area contributed by atoms with Crippen LogP contribution in [0.15, 0.2) is 18.2 Å². The lowest BCUT2D eigenvalue weighted by molar-refractivity contribution is 0.00578. The Labute approximate surface area is 161 Å². The average Bonchev–Trinajstić information content (AvgIpc) is 2.75. The number of hydrogen-bond donors (Lipinski definition) is 1. The van der Waals surface area contributed by atoms with Crippen molar-refractivity contribution in [2.75, 3.05) is 19.6 Å². The number of benzene rings is 1. The Morgan fingerprint density at radius 1 is 1.27 bits per heavy atom. The van der Waals surface area contributed by atoms with Crippen molar-refractivity contribution < 1.29 is 18.5 Å². The van der Waals surface area contributed by atoms with Crippen molar-refractivity contribution in [3.8, 4) is 0 Å². The first-order valence-corrected chi connectivity index (χ1v) is 8.78. The predicted molar refractivity (Wildman–Crippen MR) is 103 cm³/mol. The van der Waals surface area contributed by atoms with Crippen LogP contribution in [-0.4, -0.2) is 54.8 Å². The Morgan fingerprint density at radius 3 is 2.42 bits per heavy atom. The molecule has 1 aromatic rings. The molecule has 2 aliphatic heterocycles. The van der Waals surface area contributed by atoms with E-state index in [1.807, 2.05) is 34.6 Å². The lowest BCUT2D eigenvalue weighted by atomic mass is 9.78. The van der Waals surface area contributed by atoms with Gasteiger partial charge in [0.1, 0.15) is 5.82 Å². The fourth-order valence-electron chi connectivity index (χ4n) is 3.12. The normalized spacial score (nSPS) is 24.3. The van der Waals surface area contributed by atoms with E-state index in [1.165, 1.54) is 12.1 Å². The third kappa shape index (κ3) is 3.91. The molecule has 0 aliphatic carbocycles. The maximum Gasteiger partial charge on any atom is 0.494 e. The highest BCUT2D eigenvalue weighted by Crippen LogP contribution is 2.36. The van der Waals surface area contributed by atoms with Crippen LogP contribution in [0.1, 0.15) is 45.0 Å². The molecule has 3 rings (SSSR count). The van der Waals surface area contributed by atoms with Gasteiger partial charge < -0.3 is 19.5 Å². The van der Waals surface area contributed by atoms with E-state index < -0.39 is 24.1 Å². The monoisotopic (exact) mass is 384 g/mol. The molecular weight excluding hydrogens is 357 g/mol. The second kappa shape index (κ2) is 7.47. The summed E-state index contributed by atoms with van der Waals surface area (Å²) in [6.07, 6.45) is 0. The molecule has 1 atom stereocenters. The van der Waals surface area contributed by atoms with E-state index in [0.29, 0.717) is 18.6 Å². The maximum atomic E-state index is 14.6. The third-order valence-corrected chi connectivity index (χ3v) is 5.40. The Kier molecular flexibility index (Phi) is 6.08. The number of rotatable bonds is 2. The van der Waals surface area contributed by atoms with Crippen LogP contribution >= 0.6 is 12.4 Å². The van der Waals surface area contributed by atoms with Gasteiger partial charge in [0, 0.05) is 25.7 Å². The standard InChI is InChI=1S/C18H26BFN2O3.ClH/c1-12-11-22(9-8-21-12)16(23)14-7-6-13(10-15(14)20)19-24-17(2,3)18(4,5)25-19;/h6-7,10,12,21H,8-9,11H2,1-5H3;1H/t12-;/m0./s1. The lowest BCUT2D eigenvalue weighted by Crippen LogP contribution is -2.51. The minimum absolute atomic E-state index is 0. The van der Waals surface area contributed by atoms with Gasteiger partial charge >= 0.3 is 7.12 Å². The van der Waals surface area contributed by atoms with Crippen LogP contribution < -0.4 is 10.8 Å². The third-order valence-electron chi connectivity index (χ3n) is 5.40. The minimum atomic E-state index is -0.636. The number of carbonyl (C=O) groups is 1. The molecule has 0 unspecified atom stereocenters. The van der Waals surface area contributed by atoms with Crippen molar-refractivity contribution in [2.45, 2.75) is 51.9 Å². The van der Waals surface area contributed by atoms with Crippen molar-refractivity contribution in [3.63, 3.8) is 0 Å². The molecule has 2 fully saturated rings. The molecule has 0 aromatic heterocycles.